The monoisotopic (exact) mass is 424 g/mol. The highest BCUT2D eigenvalue weighted by molar-refractivity contribution is 7.07. The molecule has 2 heterocycles. The van der Waals surface area contributed by atoms with Crippen molar-refractivity contribution in [1.29, 1.82) is 0 Å². The maximum atomic E-state index is 13.8. The van der Waals surface area contributed by atoms with Crippen LogP contribution in [0.4, 0.5) is 15.8 Å². The number of hydrogen-bond acceptors (Lipinski definition) is 5. The number of hydrogen-bond donors (Lipinski definition) is 2. The summed E-state index contributed by atoms with van der Waals surface area (Å²) < 4.78 is 13.8. The first kappa shape index (κ1) is 20.5. The summed E-state index contributed by atoms with van der Waals surface area (Å²) in [6, 6.07) is 14.3. The van der Waals surface area contributed by atoms with Crippen LogP contribution >= 0.6 is 11.3 Å². The zero-order valence-electron chi connectivity index (χ0n) is 16.7. The first-order valence-corrected chi connectivity index (χ1v) is 11.1. The molecule has 1 aliphatic rings. The van der Waals surface area contributed by atoms with Gasteiger partial charge >= 0.3 is 0 Å². The van der Waals surface area contributed by atoms with E-state index in [2.05, 4.69) is 25.9 Å². The fourth-order valence-electron chi connectivity index (χ4n) is 3.71. The van der Waals surface area contributed by atoms with Gasteiger partial charge in [-0.3, -0.25) is 4.79 Å². The van der Waals surface area contributed by atoms with E-state index in [1.54, 1.807) is 23.5 Å². The Morgan fingerprint density at radius 2 is 1.90 bits per heavy atom. The number of benzene rings is 2. The SMILES string of the molecule is O=C(Nc1ccc(N2CCC(NCCc3cscn3)CC2)cc1)c1ccccc1F. The molecule has 1 aliphatic heterocycles. The van der Waals surface area contributed by atoms with E-state index in [-0.39, 0.29) is 5.56 Å². The van der Waals surface area contributed by atoms with Crippen molar-refractivity contribution in [2.45, 2.75) is 25.3 Å². The Morgan fingerprint density at radius 3 is 2.60 bits per heavy atom. The van der Waals surface area contributed by atoms with Gasteiger partial charge in [-0.05, 0) is 49.2 Å². The molecule has 0 aliphatic carbocycles. The Bertz CT molecular complexity index is 954. The molecule has 0 spiro atoms. The van der Waals surface area contributed by atoms with Crippen LogP contribution in [0, 0.1) is 5.82 Å². The van der Waals surface area contributed by atoms with Crippen molar-refractivity contribution in [2.24, 2.45) is 0 Å². The van der Waals surface area contributed by atoms with Crippen molar-refractivity contribution in [3.63, 3.8) is 0 Å². The van der Waals surface area contributed by atoms with Crippen LogP contribution in [0.5, 0.6) is 0 Å². The number of piperidine rings is 1. The molecule has 1 saturated heterocycles. The zero-order valence-corrected chi connectivity index (χ0v) is 17.5. The molecule has 4 rings (SSSR count). The lowest BCUT2D eigenvalue weighted by Crippen LogP contribution is -2.43. The van der Waals surface area contributed by atoms with Crippen LogP contribution in [0.1, 0.15) is 28.9 Å². The van der Waals surface area contributed by atoms with Crippen molar-refractivity contribution in [2.75, 3.05) is 29.9 Å². The summed E-state index contributed by atoms with van der Waals surface area (Å²) in [6.45, 7) is 2.95. The molecular formula is C23H25FN4OS. The zero-order chi connectivity index (χ0) is 20.8. The molecule has 3 aromatic rings. The van der Waals surface area contributed by atoms with Gasteiger partial charge in [-0.1, -0.05) is 12.1 Å². The highest BCUT2D eigenvalue weighted by Gasteiger charge is 2.19. The fraction of sp³-hybridized carbons (Fsp3) is 0.304. The number of rotatable bonds is 7. The summed E-state index contributed by atoms with van der Waals surface area (Å²) in [5, 5.41) is 8.51. The van der Waals surface area contributed by atoms with E-state index in [0.29, 0.717) is 11.7 Å². The second-order valence-corrected chi connectivity index (χ2v) is 8.14. The standard InChI is InChI=1S/C23H25FN4OS/c24-22-4-2-1-3-21(22)23(29)27-18-5-7-20(8-6-18)28-13-10-17(11-14-28)25-12-9-19-15-30-16-26-19/h1-8,15-17,25H,9-14H2,(H,27,29). The van der Waals surface area contributed by atoms with E-state index < -0.39 is 11.7 Å². The van der Waals surface area contributed by atoms with Gasteiger partial charge in [-0.15, -0.1) is 11.3 Å². The van der Waals surface area contributed by atoms with Crippen molar-refractivity contribution < 1.29 is 9.18 Å². The Balaban J connectivity index is 1.24. The highest BCUT2D eigenvalue weighted by Crippen LogP contribution is 2.22. The molecule has 0 saturated carbocycles. The number of anilines is 2. The van der Waals surface area contributed by atoms with E-state index in [0.717, 1.165) is 50.3 Å². The van der Waals surface area contributed by atoms with Gasteiger partial charge < -0.3 is 15.5 Å². The minimum atomic E-state index is -0.519. The molecule has 0 atom stereocenters. The molecule has 2 aromatic carbocycles. The first-order chi connectivity index (χ1) is 14.7. The van der Waals surface area contributed by atoms with Crippen LogP contribution in [0.2, 0.25) is 0 Å². The van der Waals surface area contributed by atoms with Crippen LogP contribution in [-0.2, 0) is 6.42 Å². The fourth-order valence-corrected chi connectivity index (χ4v) is 4.30. The Hall–Kier alpha value is -2.77. The lowest BCUT2D eigenvalue weighted by Gasteiger charge is -2.34. The molecule has 1 fully saturated rings. The quantitative estimate of drug-likeness (QED) is 0.593. The Kier molecular flexibility index (Phi) is 6.71. The van der Waals surface area contributed by atoms with E-state index in [4.69, 9.17) is 0 Å². The average Bonchev–Trinajstić information content (AvgIpc) is 3.29. The van der Waals surface area contributed by atoms with Gasteiger partial charge in [-0.25, -0.2) is 9.37 Å². The van der Waals surface area contributed by atoms with Gasteiger partial charge in [0.25, 0.3) is 5.91 Å². The summed E-state index contributed by atoms with van der Waals surface area (Å²) in [5.41, 5.74) is 4.88. The van der Waals surface area contributed by atoms with Crippen molar-refractivity contribution in [3.05, 3.63) is 76.5 Å². The minimum Gasteiger partial charge on any atom is -0.371 e. The number of aromatic nitrogens is 1. The summed E-state index contributed by atoms with van der Waals surface area (Å²) in [7, 11) is 0. The van der Waals surface area contributed by atoms with E-state index >= 15 is 0 Å². The molecule has 1 amide bonds. The van der Waals surface area contributed by atoms with E-state index in [1.165, 1.54) is 12.1 Å². The Labute approximate surface area is 180 Å². The third-order valence-electron chi connectivity index (χ3n) is 5.40. The van der Waals surface area contributed by atoms with Gasteiger partial charge in [-0.2, -0.15) is 0 Å². The predicted octanol–water partition coefficient (Wildman–Crippen LogP) is 4.34. The van der Waals surface area contributed by atoms with Crippen LogP contribution in [-0.4, -0.2) is 36.6 Å². The second kappa shape index (κ2) is 9.82. The average molecular weight is 425 g/mol. The van der Waals surface area contributed by atoms with Crippen LogP contribution < -0.4 is 15.5 Å². The molecule has 0 radical (unpaired) electrons. The van der Waals surface area contributed by atoms with Gasteiger partial charge in [0.05, 0.1) is 16.8 Å². The Morgan fingerprint density at radius 1 is 1.13 bits per heavy atom. The van der Waals surface area contributed by atoms with Gasteiger partial charge in [0.1, 0.15) is 5.82 Å². The molecular weight excluding hydrogens is 399 g/mol. The molecule has 156 valence electrons. The molecule has 2 N–H and O–H groups in total. The summed E-state index contributed by atoms with van der Waals surface area (Å²) >= 11 is 1.64. The first-order valence-electron chi connectivity index (χ1n) is 10.2. The minimum absolute atomic E-state index is 0.0472. The number of carbonyl (C=O) groups excluding carboxylic acids is 1. The van der Waals surface area contributed by atoms with Crippen molar-refractivity contribution in [1.82, 2.24) is 10.3 Å². The molecule has 1 aromatic heterocycles. The van der Waals surface area contributed by atoms with Gasteiger partial charge in [0.15, 0.2) is 0 Å². The molecule has 7 heteroatoms. The largest absolute Gasteiger partial charge is 0.371 e. The van der Waals surface area contributed by atoms with E-state index in [1.807, 2.05) is 29.8 Å². The van der Waals surface area contributed by atoms with Crippen molar-refractivity contribution in [3.8, 4) is 0 Å². The molecule has 30 heavy (non-hydrogen) atoms. The maximum Gasteiger partial charge on any atom is 0.258 e. The van der Waals surface area contributed by atoms with Crippen LogP contribution in [0.15, 0.2) is 59.4 Å². The summed E-state index contributed by atoms with van der Waals surface area (Å²) in [5.74, 6) is -0.958. The number of halogens is 1. The number of nitrogens with zero attached hydrogens (tertiary/aromatic N) is 2. The lowest BCUT2D eigenvalue weighted by atomic mass is 10.0. The lowest BCUT2D eigenvalue weighted by molar-refractivity contribution is 0.102. The third-order valence-corrected chi connectivity index (χ3v) is 6.04. The van der Waals surface area contributed by atoms with Gasteiger partial charge in [0.2, 0.25) is 0 Å². The maximum absolute atomic E-state index is 13.8. The highest BCUT2D eigenvalue weighted by atomic mass is 32.1. The van der Waals surface area contributed by atoms with E-state index in [9.17, 15) is 9.18 Å². The third kappa shape index (κ3) is 5.23. The van der Waals surface area contributed by atoms with Crippen LogP contribution in [0.25, 0.3) is 0 Å². The van der Waals surface area contributed by atoms with Crippen LogP contribution in [0.3, 0.4) is 0 Å². The van der Waals surface area contributed by atoms with Gasteiger partial charge in [0, 0.05) is 48.9 Å². The normalized spacial score (nSPS) is 14.6. The summed E-state index contributed by atoms with van der Waals surface area (Å²) in [6.07, 6.45) is 3.18. The predicted molar refractivity (Wildman–Crippen MR) is 120 cm³/mol. The molecule has 5 nitrogen and oxygen atoms in total. The number of carbonyl (C=O) groups is 1. The molecule has 0 bridgehead atoms. The smallest absolute Gasteiger partial charge is 0.258 e. The summed E-state index contributed by atoms with van der Waals surface area (Å²) in [4.78, 5) is 18.9. The number of nitrogens with one attached hydrogen (secondary N) is 2. The van der Waals surface area contributed by atoms with Crippen molar-refractivity contribution >= 4 is 28.6 Å². The second-order valence-electron chi connectivity index (χ2n) is 7.43. The molecule has 0 unspecified atom stereocenters. The topological polar surface area (TPSA) is 57.3 Å². The number of thiazole rings is 1. The number of amides is 1.